The molecule has 1 fully saturated rings. The summed E-state index contributed by atoms with van der Waals surface area (Å²) >= 11 is 0. The summed E-state index contributed by atoms with van der Waals surface area (Å²) in [5, 5.41) is 9.37. The molecule has 1 saturated heterocycles. The number of nitriles is 1. The van der Waals surface area contributed by atoms with Crippen LogP contribution >= 0.6 is 8.53 Å². The Labute approximate surface area is 329 Å². The van der Waals surface area contributed by atoms with Gasteiger partial charge < -0.3 is 32.7 Å². The third kappa shape index (κ3) is 9.58. The second-order valence-electron chi connectivity index (χ2n) is 13.5. The van der Waals surface area contributed by atoms with E-state index < -0.39 is 49.9 Å². The average Bonchev–Trinajstić information content (AvgIpc) is 3.53. The van der Waals surface area contributed by atoms with Gasteiger partial charge in [0.1, 0.15) is 42.0 Å². The van der Waals surface area contributed by atoms with E-state index in [0.29, 0.717) is 11.5 Å². The number of H-pyrrole nitrogens is 1. The van der Waals surface area contributed by atoms with Crippen LogP contribution in [0.4, 0.5) is 0 Å². The summed E-state index contributed by atoms with van der Waals surface area (Å²) in [6, 6.07) is 28.4. The van der Waals surface area contributed by atoms with Gasteiger partial charge in [-0.15, -0.1) is 6.42 Å². The van der Waals surface area contributed by atoms with Gasteiger partial charge in [-0.2, -0.15) is 5.26 Å². The van der Waals surface area contributed by atoms with Crippen molar-refractivity contribution in [1.29, 1.82) is 5.26 Å². The quantitative estimate of drug-likeness (QED) is 0.0507. The van der Waals surface area contributed by atoms with Crippen molar-refractivity contribution in [1.82, 2.24) is 14.2 Å². The summed E-state index contributed by atoms with van der Waals surface area (Å²) in [5.41, 5.74) is -0.0641. The minimum absolute atomic E-state index is 0.0150. The van der Waals surface area contributed by atoms with Crippen molar-refractivity contribution in [2.75, 3.05) is 34.0 Å². The van der Waals surface area contributed by atoms with Gasteiger partial charge in [-0.1, -0.05) is 60.5 Å². The van der Waals surface area contributed by atoms with Crippen molar-refractivity contribution in [3.63, 3.8) is 0 Å². The maximum atomic E-state index is 13.3. The van der Waals surface area contributed by atoms with Crippen LogP contribution < -0.4 is 20.7 Å². The van der Waals surface area contributed by atoms with Gasteiger partial charge in [0.05, 0.1) is 39.9 Å². The van der Waals surface area contributed by atoms with Gasteiger partial charge in [-0.3, -0.25) is 14.3 Å². The highest BCUT2D eigenvalue weighted by atomic mass is 31.2. The fourth-order valence-corrected chi connectivity index (χ4v) is 8.59. The molecule has 0 aliphatic carbocycles. The molecule has 5 rings (SSSR count). The van der Waals surface area contributed by atoms with E-state index in [-0.39, 0.29) is 38.3 Å². The first-order valence-corrected chi connectivity index (χ1v) is 19.5. The molecular weight excluding hydrogens is 735 g/mol. The molecule has 0 bridgehead atoms. The number of ether oxygens (including phenoxy) is 5. The maximum Gasteiger partial charge on any atom is 0.330 e. The zero-order valence-corrected chi connectivity index (χ0v) is 33.4. The van der Waals surface area contributed by atoms with Gasteiger partial charge in [0.25, 0.3) is 14.1 Å². The summed E-state index contributed by atoms with van der Waals surface area (Å²) in [4.78, 5) is 27.7. The van der Waals surface area contributed by atoms with Crippen LogP contribution in [0.1, 0.15) is 57.0 Å². The maximum absolute atomic E-state index is 13.3. The Bertz CT molecular complexity index is 1990. The van der Waals surface area contributed by atoms with Crippen molar-refractivity contribution in [3.05, 3.63) is 129 Å². The van der Waals surface area contributed by atoms with Crippen molar-refractivity contribution in [3.8, 4) is 29.9 Å². The molecule has 3 aromatic carbocycles. The molecule has 13 nitrogen and oxygen atoms in total. The Balaban J connectivity index is 1.67. The number of hydrogen-bond donors (Lipinski definition) is 1. The molecule has 0 saturated carbocycles. The molecule has 0 radical (unpaired) electrons. The third-order valence-corrected chi connectivity index (χ3v) is 11.4. The molecule has 56 heavy (non-hydrogen) atoms. The molecule has 2 heterocycles. The molecule has 0 amide bonds. The van der Waals surface area contributed by atoms with Crippen LogP contribution in [-0.2, 0) is 28.9 Å². The number of nitrogens with zero attached hydrogens (tertiary/aromatic N) is 3. The lowest BCUT2D eigenvalue weighted by Gasteiger charge is -2.39. The number of rotatable bonds is 19. The Morgan fingerprint density at radius 3 is 2.00 bits per heavy atom. The molecule has 4 aromatic rings. The van der Waals surface area contributed by atoms with Crippen molar-refractivity contribution >= 4 is 8.53 Å². The zero-order valence-electron chi connectivity index (χ0n) is 32.5. The van der Waals surface area contributed by atoms with Crippen LogP contribution in [0, 0.1) is 23.7 Å². The third-order valence-electron chi connectivity index (χ3n) is 9.28. The van der Waals surface area contributed by atoms with Crippen LogP contribution in [0.15, 0.2) is 101 Å². The smallest absolute Gasteiger partial charge is 0.330 e. The lowest BCUT2D eigenvalue weighted by molar-refractivity contribution is -0.0965. The second-order valence-corrected chi connectivity index (χ2v) is 14.9. The van der Waals surface area contributed by atoms with E-state index in [1.165, 1.54) is 16.8 Å². The monoisotopic (exact) mass is 784 g/mol. The molecule has 5 atom stereocenters. The van der Waals surface area contributed by atoms with E-state index in [1.54, 1.807) is 14.2 Å². The molecule has 1 aliphatic heterocycles. The van der Waals surface area contributed by atoms with Crippen LogP contribution in [0.5, 0.6) is 11.5 Å². The Morgan fingerprint density at radius 2 is 1.48 bits per heavy atom. The zero-order chi connectivity index (χ0) is 40.2. The molecule has 1 aromatic heterocycles. The predicted octanol–water partition coefficient (Wildman–Crippen LogP) is 6.14. The molecular formula is C42H49N4O9P. The number of aromatic nitrogens is 2. The minimum Gasteiger partial charge on any atom is -0.497 e. The minimum atomic E-state index is -1.83. The van der Waals surface area contributed by atoms with E-state index >= 15 is 0 Å². The lowest BCUT2D eigenvalue weighted by atomic mass is 9.80. The van der Waals surface area contributed by atoms with E-state index in [2.05, 4.69) is 21.6 Å². The van der Waals surface area contributed by atoms with Crippen molar-refractivity contribution in [2.45, 2.75) is 76.3 Å². The molecule has 296 valence electrons. The SMILES string of the molecule is C#CCOC1[C@@H](OP(OCCC#N)N(C(C)C)C(C)C)[C@@H](COC(c2ccccc2)(c2ccc(OC)cc2)c2ccc(OC)cc2)O[C@H]1n1ccc(=O)[nH]c1=O. The first kappa shape index (κ1) is 42.3. The molecule has 1 aliphatic rings. The highest BCUT2D eigenvalue weighted by Crippen LogP contribution is 2.51. The first-order chi connectivity index (χ1) is 27.1. The van der Waals surface area contributed by atoms with E-state index in [4.69, 9.17) is 39.2 Å². The fourth-order valence-electron chi connectivity index (χ4n) is 6.82. The lowest BCUT2D eigenvalue weighted by Crippen LogP contribution is -2.43. The van der Waals surface area contributed by atoms with Crippen LogP contribution in [0.3, 0.4) is 0 Å². The molecule has 14 heteroatoms. The van der Waals surface area contributed by atoms with Gasteiger partial charge >= 0.3 is 5.69 Å². The van der Waals surface area contributed by atoms with E-state index in [9.17, 15) is 14.9 Å². The Kier molecular flexibility index (Phi) is 15.0. The first-order valence-electron chi connectivity index (χ1n) is 18.3. The van der Waals surface area contributed by atoms with Crippen LogP contribution in [0.2, 0.25) is 0 Å². The second kappa shape index (κ2) is 19.9. The number of nitrogens with one attached hydrogen (secondary N) is 1. The van der Waals surface area contributed by atoms with Gasteiger partial charge in [0.15, 0.2) is 6.23 Å². The van der Waals surface area contributed by atoms with Gasteiger partial charge in [-0.25, -0.2) is 9.46 Å². The summed E-state index contributed by atoms with van der Waals surface area (Å²) in [5.74, 6) is 3.86. The predicted molar refractivity (Wildman–Crippen MR) is 212 cm³/mol. The van der Waals surface area contributed by atoms with E-state index in [0.717, 1.165) is 16.7 Å². The fraction of sp³-hybridized carbons (Fsp3) is 0.405. The number of terminal acetylenes is 1. The standard InChI is InChI=1S/C42H49N4O9P/c1-8-26-51-39-38(55-56(53-27-12-24-43)46(29(2)3)30(4)5)36(54-40(39)45-25-23-37(47)44-41(45)48)28-52-42(31-13-10-9-11-14-31,32-15-19-34(49-6)20-16-32)33-17-21-35(50-7)22-18-33/h1,9-11,13-23,25,29-30,36,38-40H,12,26-28H2,2-7H3,(H,44,47,48)/t36-,38+,39?,40-,56?/m1/s1. The topological polar surface area (TPSA) is 146 Å². The van der Waals surface area contributed by atoms with Gasteiger partial charge in [-0.05, 0) is 68.7 Å². The van der Waals surface area contributed by atoms with Gasteiger partial charge in [0.2, 0.25) is 0 Å². The summed E-state index contributed by atoms with van der Waals surface area (Å²) in [6.45, 7) is 8.03. The number of hydrogen-bond acceptors (Lipinski definition) is 11. The number of benzene rings is 3. The highest BCUT2D eigenvalue weighted by molar-refractivity contribution is 7.44. The van der Waals surface area contributed by atoms with Gasteiger partial charge in [0, 0.05) is 24.3 Å². The largest absolute Gasteiger partial charge is 0.497 e. The Morgan fingerprint density at radius 1 is 0.893 bits per heavy atom. The van der Waals surface area contributed by atoms with E-state index in [1.807, 2.05) is 107 Å². The normalized spacial score (nSPS) is 18.8. The van der Waals surface area contributed by atoms with Crippen molar-refractivity contribution < 1.29 is 32.7 Å². The highest BCUT2D eigenvalue weighted by Gasteiger charge is 2.51. The summed E-state index contributed by atoms with van der Waals surface area (Å²) in [6.07, 6.45) is 3.31. The van der Waals surface area contributed by atoms with Crippen LogP contribution in [0.25, 0.3) is 0 Å². The molecule has 2 unspecified atom stereocenters. The molecule has 0 spiro atoms. The average molecular weight is 785 g/mol. The Hall–Kier alpha value is -4.82. The van der Waals surface area contributed by atoms with Crippen molar-refractivity contribution in [2.24, 2.45) is 0 Å². The summed E-state index contributed by atoms with van der Waals surface area (Å²) in [7, 11) is 1.38. The molecule has 1 N–H and O–H groups in total. The van der Waals surface area contributed by atoms with Crippen LogP contribution in [-0.4, -0.2) is 78.7 Å². The number of methoxy groups -OCH3 is 2. The summed E-state index contributed by atoms with van der Waals surface area (Å²) < 4.78 is 47.9. The number of aromatic amines is 1.